The molecule has 16 heavy (non-hydrogen) atoms. The highest BCUT2D eigenvalue weighted by molar-refractivity contribution is 7.99. The molecule has 88 valence electrons. The lowest BCUT2D eigenvalue weighted by Crippen LogP contribution is -2.20. The van der Waals surface area contributed by atoms with Gasteiger partial charge < -0.3 is 5.32 Å². The maximum absolute atomic E-state index is 3.30. The van der Waals surface area contributed by atoms with Crippen molar-refractivity contribution >= 4 is 11.8 Å². The first kappa shape index (κ1) is 12.0. The lowest BCUT2D eigenvalue weighted by Gasteiger charge is -2.13. The van der Waals surface area contributed by atoms with Crippen molar-refractivity contribution in [2.75, 3.05) is 12.8 Å². The number of thioether (sulfide) groups is 1. The molecule has 2 atom stereocenters. The number of hydrogen-bond acceptors (Lipinski definition) is 2. The second-order valence-electron chi connectivity index (χ2n) is 4.67. The van der Waals surface area contributed by atoms with Crippen LogP contribution in [0.4, 0.5) is 0 Å². The highest BCUT2D eigenvalue weighted by Gasteiger charge is 2.21. The highest BCUT2D eigenvalue weighted by Crippen LogP contribution is 2.41. The Labute approximate surface area is 103 Å². The zero-order valence-electron chi connectivity index (χ0n) is 10.2. The Kier molecular flexibility index (Phi) is 4.30. The summed E-state index contributed by atoms with van der Waals surface area (Å²) >= 11 is 2.02. The quantitative estimate of drug-likeness (QED) is 0.836. The number of rotatable bonds is 5. The van der Waals surface area contributed by atoms with E-state index in [1.54, 1.807) is 5.56 Å². The van der Waals surface area contributed by atoms with E-state index in [4.69, 9.17) is 0 Å². The first-order chi connectivity index (χ1) is 7.81. The fourth-order valence-corrected chi connectivity index (χ4v) is 3.59. The van der Waals surface area contributed by atoms with Crippen LogP contribution in [-0.2, 0) is 0 Å². The van der Waals surface area contributed by atoms with Gasteiger partial charge in [-0.1, -0.05) is 24.6 Å². The Bertz CT molecular complexity index is 337. The third kappa shape index (κ3) is 2.80. The zero-order valence-corrected chi connectivity index (χ0v) is 11.0. The molecule has 2 heteroatoms. The monoisotopic (exact) mass is 235 g/mol. The van der Waals surface area contributed by atoms with E-state index < -0.39 is 0 Å². The molecular weight excluding hydrogens is 214 g/mol. The summed E-state index contributed by atoms with van der Waals surface area (Å²) in [5.74, 6) is 2.08. The number of nitrogens with one attached hydrogen (secondary N) is 1. The fraction of sp³-hybridized carbons (Fsp3) is 0.571. The molecule has 1 heterocycles. The average Bonchev–Trinajstić information content (AvgIpc) is 2.73. The summed E-state index contributed by atoms with van der Waals surface area (Å²) in [5.41, 5.74) is 1.59. The van der Waals surface area contributed by atoms with Gasteiger partial charge in [0.1, 0.15) is 0 Å². The van der Waals surface area contributed by atoms with Crippen LogP contribution in [0.5, 0.6) is 0 Å². The topological polar surface area (TPSA) is 12.0 Å². The summed E-state index contributed by atoms with van der Waals surface area (Å²) < 4.78 is 0. The van der Waals surface area contributed by atoms with Crippen molar-refractivity contribution in [3.8, 4) is 0 Å². The number of fused-ring (bicyclic) bond motifs is 1. The van der Waals surface area contributed by atoms with Gasteiger partial charge >= 0.3 is 0 Å². The smallest absolute Gasteiger partial charge is 0.0107 e. The van der Waals surface area contributed by atoms with Gasteiger partial charge in [0.2, 0.25) is 0 Å². The molecule has 0 amide bonds. The lowest BCUT2D eigenvalue weighted by molar-refractivity contribution is 0.510. The predicted octanol–water partition coefficient (Wildman–Crippen LogP) is 3.65. The van der Waals surface area contributed by atoms with Crippen LogP contribution in [0.15, 0.2) is 29.2 Å². The second-order valence-corrected chi connectivity index (χ2v) is 5.73. The van der Waals surface area contributed by atoms with Crippen LogP contribution in [0.25, 0.3) is 0 Å². The largest absolute Gasteiger partial charge is 0.317 e. The summed E-state index contributed by atoms with van der Waals surface area (Å²) in [6.45, 7) is 2.26. The molecule has 2 unspecified atom stereocenters. The summed E-state index contributed by atoms with van der Waals surface area (Å²) in [4.78, 5) is 1.51. The van der Waals surface area contributed by atoms with E-state index >= 15 is 0 Å². The maximum Gasteiger partial charge on any atom is 0.0107 e. The molecule has 0 aliphatic carbocycles. The van der Waals surface area contributed by atoms with Crippen molar-refractivity contribution in [3.05, 3.63) is 29.8 Å². The molecule has 1 aromatic rings. The molecule has 0 aromatic heterocycles. The van der Waals surface area contributed by atoms with Gasteiger partial charge in [-0.15, -0.1) is 11.8 Å². The minimum atomic E-state index is 0.657. The summed E-state index contributed by atoms with van der Waals surface area (Å²) in [7, 11) is 2.05. The molecule has 1 aliphatic heterocycles. The Hall–Kier alpha value is -0.470. The lowest BCUT2D eigenvalue weighted by atomic mass is 9.95. The third-order valence-electron chi connectivity index (χ3n) is 3.48. The SMILES string of the molecule is CNC(C)CCCC1CSc2ccccc21. The van der Waals surface area contributed by atoms with Crippen molar-refractivity contribution in [1.29, 1.82) is 0 Å². The average molecular weight is 235 g/mol. The van der Waals surface area contributed by atoms with Crippen LogP contribution >= 0.6 is 11.8 Å². The molecule has 0 saturated heterocycles. The van der Waals surface area contributed by atoms with E-state index in [0.717, 1.165) is 5.92 Å². The Morgan fingerprint density at radius 3 is 3.06 bits per heavy atom. The normalized spacial score (nSPS) is 20.8. The second kappa shape index (κ2) is 5.74. The van der Waals surface area contributed by atoms with Crippen LogP contribution in [0.2, 0.25) is 0 Å². The van der Waals surface area contributed by atoms with Crippen molar-refractivity contribution < 1.29 is 0 Å². The van der Waals surface area contributed by atoms with Gasteiger partial charge in [-0.3, -0.25) is 0 Å². The van der Waals surface area contributed by atoms with E-state index in [1.807, 2.05) is 18.8 Å². The summed E-state index contributed by atoms with van der Waals surface area (Å²) in [5, 5.41) is 3.30. The highest BCUT2D eigenvalue weighted by atomic mass is 32.2. The van der Waals surface area contributed by atoms with Crippen LogP contribution in [0, 0.1) is 0 Å². The molecule has 0 bridgehead atoms. The van der Waals surface area contributed by atoms with E-state index in [-0.39, 0.29) is 0 Å². The van der Waals surface area contributed by atoms with Gasteiger partial charge in [-0.2, -0.15) is 0 Å². The Morgan fingerprint density at radius 1 is 1.44 bits per heavy atom. The molecule has 0 radical (unpaired) electrons. The van der Waals surface area contributed by atoms with E-state index in [1.165, 1.54) is 29.9 Å². The molecular formula is C14H21NS. The molecule has 0 fully saturated rings. The molecule has 1 N–H and O–H groups in total. The van der Waals surface area contributed by atoms with Crippen LogP contribution in [0.1, 0.15) is 37.7 Å². The molecule has 0 spiro atoms. The van der Waals surface area contributed by atoms with Gasteiger partial charge in [0.15, 0.2) is 0 Å². The van der Waals surface area contributed by atoms with Gasteiger partial charge in [-0.05, 0) is 44.4 Å². The maximum atomic E-state index is 3.30. The number of hydrogen-bond donors (Lipinski definition) is 1. The zero-order chi connectivity index (χ0) is 11.4. The van der Waals surface area contributed by atoms with Gasteiger partial charge in [0, 0.05) is 16.7 Å². The molecule has 0 saturated carbocycles. The van der Waals surface area contributed by atoms with E-state index in [0.29, 0.717) is 6.04 Å². The van der Waals surface area contributed by atoms with Gasteiger partial charge in [0.25, 0.3) is 0 Å². The van der Waals surface area contributed by atoms with E-state index in [9.17, 15) is 0 Å². The first-order valence-corrected chi connectivity index (χ1v) is 7.19. The van der Waals surface area contributed by atoms with Crippen molar-refractivity contribution in [2.45, 2.75) is 43.0 Å². The minimum Gasteiger partial charge on any atom is -0.317 e. The van der Waals surface area contributed by atoms with Gasteiger partial charge in [-0.25, -0.2) is 0 Å². The van der Waals surface area contributed by atoms with Crippen LogP contribution in [-0.4, -0.2) is 18.8 Å². The standard InChI is InChI=1S/C14H21NS/c1-11(15-2)6-5-7-12-10-16-14-9-4-3-8-13(12)14/h3-4,8-9,11-12,15H,5-7,10H2,1-2H3. The minimum absolute atomic E-state index is 0.657. The molecule has 2 rings (SSSR count). The summed E-state index contributed by atoms with van der Waals surface area (Å²) in [6, 6.07) is 9.55. The Morgan fingerprint density at radius 2 is 2.25 bits per heavy atom. The number of benzene rings is 1. The molecule has 1 nitrogen and oxygen atoms in total. The Balaban J connectivity index is 1.84. The van der Waals surface area contributed by atoms with Crippen molar-refractivity contribution in [2.24, 2.45) is 0 Å². The molecule has 1 aliphatic rings. The van der Waals surface area contributed by atoms with Gasteiger partial charge in [0.05, 0.1) is 0 Å². The van der Waals surface area contributed by atoms with Crippen LogP contribution in [0.3, 0.4) is 0 Å². The van der Waals surface area contributed by atoms with Crippen molar-refractivity contribution in [3.63, 3.8) is 0 Å². The first-order valence-electron chi connectivity index (χ1n) is 6.20. The van der Waals surface area contributed by atoms with Crippen LogP contribution < -0.4 is 5.32 Å². The molecule has 1 aromatic carbocycles. The third-order valence-corrected chi connectivity index (χ3v) is 4.73. The predicted molar refractivity (Wildman–Crippen MR) is 72.3 cm³/mol. The summed E-state index contributed by atoms with van der Waals surface area (Å²) in [6.07, 6.45) is 3.97. The van der Waals surface area contributed by atoms with E-state index in [2.05, 4.69) is 36.5 Å². The fourth-order valence-electron chi connectivity index (χ4n) is 2.28. The van der Waals surface area contributed by atoms with Crippen molar-refractivity contribution in [1.82, 2.24) is 5.32 Å².